The third-order valence-electron chi connectivity index (χ3n) is 7.26. The van der Waals surface area contributed by atoms with Gasteiger partial charge in [0.1, 0.15) is 17.6 Å². The quantitative estimate of drug-likeness (QED) is 0.340. The average molecular weight is 547 g/mol. The number of nitrogens with zero attached hydrogens (tertiary/aromatic N) is 2. The Bertz CT molecular complexity index is 1470. The van der Waals surface area contributed by atoms with Gasteiger partial charge in [-0.05, 0) is 63.5 Å². The van der Waals surface area contributed by atoms with E-state index in [0.717, 1.165) is 16.0 Å². The highest BCUT2D eigenvalue weighted by Gasteiger charge is 2.64. The molecule has 0 aromatic heterocycles. The number of rotatable bonds is 4. The lowest BCUT2D eigenvalue weighted by atomic mass is 9.83. The lowest BCUT2D eigenvalue weighted by Gasteiger charge is -2.35. The summed E-state index contributed by atoms with van der Waals surface area (Å²) in [7, 11) is 1.53. The number of hydrogen-bond acceptors (Lipinski definition) is 5. The number of ether oxygens (including phenoxy) is 1. The van der Waals surface area contributed by atoms with Crippen molar-refractivity contribution in [1.29, 1.82) is 0 Å². The van der Waals surface area contributed by atoms with Crippen LogP contribution in [-0.4, -0.2) is 35.6 Å². The van der Waals surface area contributed by atoms with Crippen molar-refractivity contribution in [1.82, 2.24) is 4.90 Å². The second-order valence-electron chi connectivity index (χ2n) is 9.01. The predicted molar refractivity (Wildman–Crippen MR) is 135 cm³/mol. The predicted octanol–water partition coefficient (Wildman–Crippen LogP) is 5.00. The molecule has 2 fully saturated rings. The molecule has 36 heavy (non-hydrogen) atoms. The van der Waals surface area contributed by atoms with Crippen molar-refractivity contribution >= 4 is 45.3 Å². The highest BCUT2D eigenvalue weighted by Crippen LogP contribution is 2.54. The molecular weight excluding hydrogens is 527 g/mol. The third kappa shape index (κ3) is 3.17. The van der Waals surface area contributed by atoms with Crippen LogP contribution < -0.4 is 9.64 Å². The van der Waals surface area contributed by atoms with Crippen molar-refractivity contribution in [2.45, 2.75) is 12.1 Å². The van der Waals surface area contributed by atoms with E-state index in [1.807, 2.05) is 35.2 Å². The van der Waals surface area contributed by atoms with Gasteiger partial charge in [-0.1, -0.05) is 36.4 Å². The number of Topliss-reactive ketones (excluding diaryl/α,β-unsaturated/α-hetero) is 1. The zero-order chi connectivity index (χ0) is 25.1. The van der Waals surface area contributed by atoms with Crippen LogP contribution in [0.5, 0.6) is 5.75 Å². The molecular formula is C28H20BrFN2O4. The second-order valence-corrected chi connectivity index (χ2v) is 9.86. The summed E-state index contributed by atoms with van der Waals surface area (Å²) in [5.41, 5.74) is 2.07. The minimum atomic E-state index is -0.966. The molecule has 0 bridgehead atoms. The van der Waals surface area contributed by atoms with Crippen LogP contribution in [0.25, 0.3) is 6.08 Å². The number of methoxy groups -OCH3 is 1. The van der Waals surface area contributed by atoms with Crippen molar-refractivity contribution in [2.24, 2.45) is 11.8 Å². The number of carbonyl (C=O) groups excluding carboxylic acids is 3. The van der Waals surface area contributed by atoms with Crippen molar-refractivity contribution in [3.8, 4) is 5.75 Å². The number of carbonyl (C=O) groups is 3. The van der Waals surface area contributed by atoms with E-state index in [4.69, 9.17) is 4.74 Å². The molecule has 6 rings (SSSR count). The lowest BCUT2D eigenvalue weighted by Crippen LogP contribution is -2.44. The molecule has 3 aliphatic rings. The van der Waals surface area contributed by atoms with Crippen molar-refractivity contribution in [3.63, 3.8) is 0 Å². The van der Waals surface area contributed by atoms with E-state index >= 15 is 0 Å². The molecule has 3 heterocycles. The molecule has 3 aromatic rings. The van der Waals surface area contributed by atoms with Crippen molar-refractivity contribution in [3.05, 3.63) is 99.9 Å². The number of amides is 2. The van der Waals surface area contributed by atoms with Crippen LogP contribution in [0, 0.1) is 17.7 Å². The van der Waals surface area contributed by atoms with Gasteiger partial charge >= 0.3 is 0 Å². The molecule has 180 valence electrons. The molecule has 4 atom stereocenters. The van der Waals surface area contributed by atoms with Crippen LogP contribution in [0.15, 0.2) is 77.4 Å². The van der Waals surface area contributed by atoms with E-state index in [2.05, 4.69) is 15.9 Å². The Morgan fingerprint density at radius 1 is 0.972 bits per heavy atom. The molecule has 3 aliphatic heterocycles. The minimum Gasteiger partial charge on any atom is -0.496 e. The highest BCUT2D eigenvalue weighted by molar-refractivity contribution is 9.10. The zero-order valence-electron chi connectivity index (χ0n) is 19.1. The Hall–Kier alpha value is -3.78. The molecule has 0 saturated carbocycles. The summed E-state index contributed by atoms with van der Waals surface area (Å²) < 4.78 is 20.6. The number of fused-ring (bicyclic) bond motifs is 5. The van der Waals surface area contributed by atoms with Crippen LogP contribution in [0.3, 0.4) is 0 Å². The Morgan fingerprint density at radius 3 is 2.44 bits per heavy atom. The smallest absolute Gasteiger partial charge is 0.240 e. The summed E-state index contributed by atoms with van der Waals surface area (Å²) >= 11 is 3.42. The van der Waals surface area contributed by atoms with Crippen LogP contribution in [0.2, 0.25) is 0 Å². The fourth-order valence-electron chi connectivity index (χ4n) is 5.72. The van der Waals surface area contributed by atoms with Gasteiger partial charge in [-0.3, -0.25) is 14.4 Å². The standard InChI is InChI=1S/C28H20BrFN2O4/c1-36-21-11-10-16(14-18(21)29)26(33)25-23-22(24-17-7-3-2-6-15(17)12-13-31(24)25)27(34)32(28(23)35)20-9-5-4-8-19(20)30/h2-14,22-25H,1H3/t22-,23-,24+,25+/m1/s1. The van der Waals surface area contributed by atoms with Gasteiger partial charge in [0.2, 0.25) is 11.8 Å². The number of para-hydroxylation sites is 1. The number of benzene rings is 3. The summed E-state index contributed by atoms with van der Waals surface area (Å²) in [6.07, 6.45) is 3.68. The number of imide groups is 1. The maximum absolute atomic E-state index is 14.7. The third-order valence-corrected chi connectivity index (χ3v) is 7.88. The average Bonchev–Trinajstić information content (AvgIpc) is 3.36. The van der Waals surface area contributed by atoms with Crippen LogP contribution in [0.4, 0.5) is 10.1 Å². The molecule has 3 aromatic carbocycles. The van der Waals surface area contributed by atoms with Gasteiger partial charge in [-0.15, -0.1) is 0 Å². The fourth-order valence-corrected chi connectivity index (χ4v) is 6.26. The molecule has 0 unspecified atom stereocenters. The molecule has 8 heteroatoms. The van der Waals surface area contributed by atoms with E-state index in [1.165, 1.54) is 25.3 Å². The fraction of sp³-hybridized carbons (Fsp3) is 0.179. The van der Waals surface area contributed by atoms with E-state index in [0.29, 0.717) is 15.8 Å². The molecule has 0 radical (unpaired) electrons. The summed E-state index contributed by atoms with van der Waals surface area (Å²) in [4.78, 5) is 44.4. The number of anilines is 1. The van der Waals surface area contributed by atoms with Gasteiger partial charge < -0.3 is 9.64 Å². The summed E-state index contributed by atoms with van der Waals surface area (Å²) in [6.45, 7) is 0. The minimum absolute atomic E-state index is 0.0912. The van der Waals surface area contributed by atoms with E-state index in [-0.39, 0.29) is 11.5 Å². The Kier molecular flexibility index (Phi) is 5.30. The number of halogens is 2. The number of ketones is 1. The van der Waals surface area contributed by atoms with Crippen LogP contribution in [0.1, 0.15) is 27.5 Å². The van der Waals surface area contributed by atoms with Gasteiger partial charge in [0.15, 0.2) is 5.78 Å². The zero-order valence-corrected chi connectivity index (χ0v) is 20.7. The highest BCUT2D eigenvalue weighted by atomic mass is 79.9. The first kappa shape index (κ1) is 22.7. The lowest BCUT2D eigenvalue weighted by molar-refractivity contribution is -0.123. The van der Waals surface area contributed by atoms with Crippen LogP contribution >= 0.6 is 15.9 Å². The molecule has 6 nitrogen and oxygen atoms in total. The van der Waals surface area contributed by atoms with Gasteiger partial charge in [-0.2, -0.15) is 0 Å². The van der Waals surface area contributed by atoms with Gasteiger partial charge in [0.25, 0.3) is 0 Å². The molecule has 2 saturated heterocycles. The maximum Gasteiger partial charge on any atom is 0.240 e. The molecule has 0 aliphatic carbocycles. The van der Waals surface area contributed by atoms with E-state index in [9.17, 15) is 18.8 Å². The monoisotopic (exact) mass is 546 g/mol. The second kappa shape index (κ2) is 8.41. The molecule has 0 spiro atoms. The van der Waals surface area contributed by atoms with Gasteiger partial charge in [-0.25, -0.2) is 9.29 Å². The van der Waals surface area contributed by atoms with E-state index in [1.54, 1.807) is 30.5 Å². The van der Waals surface area contributed by atoms with Crippen molar-refractivity contribution in [2.75, 3.05) is 12.0 Å². The van der Waals surface area contributed by atoms with E-state index < -0.39 is 41.6 Å². The van der Waals surface area contributed by atoms with Crippen LogP contribution in [-0.2, 0) is 9.59 Å². The SMILES string of the molecule is COc1ccc(C(=O)[C@@H]2[C@@H]3C(=O)N(c4ccccc4F)C(=O)[C@H]3[C@@H]3c4ccccc4C=CN23)cc1Br. The first-order valence-corrected chi connectivity index (χ1v) is 12.3. The van der Waals surface area contributed by atoms with Crippen molar-refractivity contribution < 1.29 is 23.5 Å². The summed E-state index contributed by atoms with van der Waals surface area (Å²) in [5, 5.41) is 0. The van der Waals surface area contributed by atoms with Gasteiger partial charge in [0, 0.05) is 11.8 Å². The Morgan fingerprint density at radius 2 is 1.69 bits per heavy atom. The maximum atomic E-state index is 14.7. The van der Waals surface area contributed by atoms with Gasteiger partial charge in [0.05, 0.1) is 35.1 Å². The molecule has 2 amide bonds. The first-order chi connectivity index (χ1) is 17.4. The Balaban J connectivity index is 1.50. The topological polar surface area (TPSA) is 66.9 Å². The summed E-state index contributed by atoms with van der Waals surface area (Å²) in [5.74, 6) is -3.26. The normalized spacial score (nSPS) is 24.0. The largest absolute Gasteiger partial charge is 0.496 e. The summed E-state index contributed by atoms with van der Waals surface area (Å²) in [6, 6.07) is 16.8. The molecule has 0 N–H and O–H groups in total. The first-order valence-electron chi connectivity index (χ1n) is 11.5. The number of hydrogen-bond donors (Lipinski definition) is 0. The Labute approximate surface area is 215 Å².